The van der Waals surface area contributed by atoms with E-state index in [1.807, 2.05) is 13.8 Å². The number of carbonyl (C=O) groups excluding carboxylic acids is 2. The third kappa shape index (κ3) is 8.66. The van der Waals surface area contributed by atoms with Gasteiger partial charge in [0, 0.05) is 30.6 Å². The second-order valence-electron chi connectivity index (χ2n) is 8.52. The van der Waals surface area contributed by atoms with Crippen molar-refractivity contribution in [3.05, 3.63) is 63.9 Å². The molecular weight excluding hydrogens is 516 g/mol. The number of nitrogens with zero attached hydrogens (tertiary/aromatic N) is 2. The molecule has 2 aromatic carbocycles. The Morgan fingerprint density at radius 2 is 1.69 bits per heavy atom. The summed E-state index contributed by atoms with van der Waals surface area (Å²) in [6.45, 7) is 5.34. The zero-order valence-corrected chi connectivity index (χ0v) is 22.4. The van der Waals surface area contributed by atoms with Crippen LogP contribution in [-0.2, 0) is 26.2 Å². The van der Waals surface area contributed by atoms with E-state index in [2.05, 4.69) is 5.32 Å². The van der Waals surface area contributed by atoms with Gasteiger partial charge in [-0.15, -0.1) is 0 Å². The fraction of sp³-hybridized carbons (Fsp3) is 0.417. The molecule has 2 rings (SSSR count). The van der Waals surface area contributed by atoms with Crippen molar-refractivity contribution in [2.45, 2.75) is 52.2 Å². The molecule has 192 valence electrons. The fourth-order valence-corrected chi connectivity index (χ4v) is 4.84. The Morgan fingerprint density at radius 1 is 1.06 bits per heavy atom. The highest BCUT2D eigenvalue weighted by Gasteiger charge is 2.27. The highest BCUT2D eigenvalue weighted by Crippen LogP contribution is 2.31. The summed E-state index contributed by atoms with van der Waals surface area (Å²) in [5.74, 6) is -1.07. The maximum Gasteiger partial charge on any atom is 0.242 e. The summed E-state index contributed by atoms with van der Waals surface area (Å²) in [4.78, 5) is 27.2. The smallest absolute Gasteiger partial charge is 0.242 e. The molecule has 0 unspecified atom stereocenters. The molecule has 7 nitrogen and oxygen atoms in total. The first kappa shape index (κ1) is 28.9. The molecule has 0 fully saturated rings. The molecule has 2 aromatic rings. The normalized spacial score (nSPS) is 12.3. The standard InChI is InChI=1S/C24H30Cl2FN3O4S/c1-16(2)28-24(32)17(3)29(15-18-7-10-20(27)11-8-18)23(31)6-5-13-30(35(4,33)34)22-14-19(25)9-12-21(22)26/h7-12,14,16-17H,5-6,13,15H2,1-4H3,(H,28,32)/t17-/m0/s1. The molecule has 0 radical (unpaired) electrons. The summed E-state index contributed by atoms with van der Waals surface area (Å²) < 4.78 is 39.3. The number of halogens is 3. The number of hydrogen-bond acceptors (Lipinski definition) is 4. The van der Waals surface area contributed by atoms with Crippen LogP contribution in [0, 0.1) is 5.82 Å². The molecule has 0 aromatic heterocycles. The number of carbonyl (C=O) groups is 2. The van der Waals surface area contributed by atoms with Crippen LogP contribution in [0.4, 0.5) is 10.1 Å². The summed E-state index contributed by atoms with van der Waals surface area (Å²) >= 11 is 12.2. The van der Waals surface area contributed by atoms with E-state index in [9.17, 15) is 22.4 Å². The number of rotatable bonds is 11. The predicted octanol–water partition coefficient (Wildman–Crippen LogP) is 4.62. The molecule has 11 heteroatoms. The molecule has 0 aliphatic rings. The Morgan fingerprint density at radius 3 is 2.26 bits per heavy atom. The van der Waals surface area contributed by atoms with Crippen LogP contribution < -0.4 is 9.62 Å². The highest BCUT2D eigenvalue weighted by molar-refractivity contribution is 7.92. The molecule has 0 spiro atoms. The van der Waals surface area contributed by atoms with Crippen LogP contribution in [0.25, 0.3) is 0 Å². The van der Waals surface area contributed by atoms with E-state index in [4.69, 9.17) is 23.2 Å². The van der Waals surface area contributed by atoms with Gasteiger partial charge in [0.25, 0.3) is 0 Å². The third-order valence-corrected chi connectivity index (χ3v) is 6.93. The largest absolute Gasteiger partial charge is 0.352 e. The number of benzene rings is 2. The Kier molecular flexibility index (Phi) is 10.4. The summed E-state index contributed by atoms with van der Waals surface area (Å²) in [5.41, 5.74) is 0.884. The van der Waals surface area contributed by atoms with Gasteiger partial charge in [-0.05, 0) is 63.1 Å². The number of hydrogen-bond donors (Lipinski definition) is 1. The Hall–Kier alpha value is -2.36. The SMILES string of the molecule is CC(C)NC(=O)[C@H](C)N(Cc1ccc(F)cc1)C(=O)CCCN(c1cc(Cl)ccc1Cl)S(C)(=O)=O. The predicted molar refractivity (Wildman–Crippen MR) is 138 cm³/mol. The van der Waals surface area contributed by atoms with E-state index in [0.717, 1.165) is 10.6 Å². The molecule has 0 heterocycles. The maximum absolute atomic E-state index is 13.3. The first-order valence-corrected chi connectivity index (χ1v) is 13.7. The van der Waals surface area contributed by atoms with Crippen LogP contribution in [0.1, 0.15) is 39.2 Å². The molecule has 0 aliphatic heterocycles. The lowest BCUT2D eigenvalue weighted by Crippen LogP contribution is -2.49. The number of nitrogens with one attached hydrogen (secondary N) is 1. The Balaban J connectivity index is 2.20. The number of anilines is 1. The monoisotopic (exact) mass is 545 g/mol. The van der Waals surface area contributed by atoms with Gasteiger partial charge in [-0.1, -0.05) is 35.3 Å². The molecule has 2 amide bonds. The van der Waals surface area contributed by atoms with Crippen LogP contribution in [-0.4, -0.2) is 50.0 Å². The summed E-state index contributed by atoms with van der Waals surface area (Å²) in [5, 5.41) is 3.33. The van der Waals surface area contributed by atoms with Gasteiger partial charge < -0.3 is 10.2 Å². The van der Waals surface area contributed by atoms with Gasteiger partial charge >= 0.3 is 0 Å². The lowest BCUT2D eigenvalue weighted by Gasteiger charge is -2.30. The van der Waals surface area contributed by atoms with E-state index in [-0.39, 0.29) is 54.5 Å². The van der Waals surface area contributed by atoms with Crippen LogP contribution in [0.2, 0.25) is 10.0 Å². The van der Waals surface area contributed by atoms with Crippen molar-refractivity contribution in [3.8, 4) is 0 Å². The second kappa shape index (κ2) is 12.6. The van der Waals surface area contributed by atoms with E-state index >= 15 is 0 Å². The number of amides is 2. The van der Waals surface area contributed by atoms with Gasteiger partial charge in [-0.3, -0.25) is 13.9 Å². The minimum Gasteiger partial charge on any atom is -0.352 e. The van der Waals surface area contributed by atoms with Crippen LogP contribution >= 0.6 is 23.2 Å². The average Bonchev–Trinajstić information content (AvgIpc) is 2.76. The molecule has 0 aliphatic carbocycles. The van der Waals surface area contributed by atoms with Gasteiger partial charge in [-0.25, -0.2) is 12.8 Å². The summed E-state index contributed by atoms with van der Waals surface area (Å²) in [7, 11) is -3.71. The van der Waals surface area contributed by atoms with Crippen molar-refractivity contribution in [1.82, 2.24) is 10.2 Å². The van der Waals surface area contributed by atoms with Gasteiger partial charge in [0.15, 0.2) is 0 Å². The van der Waals surface area contributed by atoms with E-state index in [0.29, 0.717) is 10.6 Å². The topological polar surface area (TPSA) is 86.8 Å². The number of sulfonamides is 1. The molecule has 35 heavy (non-hydrogen) atoms. The van der Waals surface area contributed by atoms with Crippen molar-refractivity contribution in [2.24, 2.45) is 0 Å². The van der Waals surface area contributed by atoms with Crippen LogP contribution in [0.3, 0.4) is 0 Å². The molecule has 0 saturated heterocycles. The quantitative estimate of drug-likeness (QED) is 0.446. The molecule has 1 N–H and O–H groups in total. The van der Waals surface area contributed by atoms with Crippen molar-refractivity contribution >= 4 is 50.7 Å². The third-order valence-electron chi connectivity index (χ3n) is 5.19. The first-order chi connectivity index (χ1) is 16.3. The van der Waals surface area contributed by atoms with E-state index in [1.165, 1.54) is 29.2 Å². The molecule has 1 atom stereocenters. The Bertz CT molecular complexity index is 1140. The van der Waals surface area contributed by atoms with Gasteiger partial charge in [0.1, 0.15) is 11.9 Å². The molecular formula is C24H30Cl2FN3O4S. The zero-order chi connectivity index (χ0) is 26.3. The average molecular weight is 546 g/mol. The second-order valence-corrected chi connectivity index (χ2v) is 11.3. The summed E-state index contributed by atoms with van der Waals surface area (Å²) in [6.07, 6.45) is 1.20. The van der Waals surface area contributed by atoms with Crippen molar-refractivity contribution in [1.29, 1.82) is 0 Å². The highest BCUT2D eigenvalue weighted by atomic mass is 35.5. The minimum atomic E-state index is -3.71. The first-order valence-electron chi connectivity index (χ1n) is 11.1. The fourth-order valence-electron chi connectivity index (χ4n) is 3.43. The van der Waals surface area contributed by atoms with E-state index in [1.54, 1.807) is 25.1 Å². The zero-order valence-electron chi connectivity index (χ0n) is 20.1. The molecule has 0 saturated carbocycles. The van der Waals surface area contributed by atoms with Crippen molar-refractivity contribution < 1.29 is 22.4 Å². The van der Waals surface area contributed by atoms with Gasteiger partial charge in [-0.2, -0.15) is 0 Å². The summed E-state index contributed by atoms with van der Waals surface area (Å²) in [6, 6.07) is 9.28. The lowest BCUT2D eigenvalue weighted by molar-refractivity contribution is -0.140. The van der Waals surface area contributed by atoms with Gasteiger partial charge in [0.05, 0.1) is 17.0 Å². The molecule has 0 bridgehead atoms. The lowest BCUT2D eigenvalue weighted by atomic mass is 10.1. The maximum atomic E-state index is 13.3. The van der Waals surface area contributed by atoms with Gasteiger partial charge in [0.2, 0.25) is 21.8 Å². The van der Waals surface area contributed by atoms with Crippen molar-refractivity contribution in [3.63, 3.8) is 0 Å². The van der Waals surface area contributed by atoms with Crippen LogP contribution in [0.5, 0.6) is 0 Å². The van der Waals surface area contributed by atoms with Crippen LogP contribution in [0.15, 0.2) is 42.5 Å². The van der Waals surface area contributed by atoms with Crippen molar-refractivity contribution in [2.75, 3.05) is 17.1 Å². The van der Waals surface area contributed by atoms with E-state index < -0.39 is 21.9 Å². The Labute approximate surface area is 216 Å². The minimum absolute atomic E-state index is 0.0123.